The van der Waals surface area contributed by atoms with Gasteiger partial charge in [0.05, 0.1) is 0 Å². The van der Waals surface area contributed by atoms with Gasteiger partial charge in [0, 0.05) is 6.04 Å². The number of carbonyl (C=O) groups excluding carboxylic acids is 1. The Labute approximate surface area is 125 Å². The molecule has 1 heterocycles. The van der Waals surface area contributed by atoms with Crippen LogP contribution in [-0.2, 0) is 4.79 Å². The Hall–Kier alpha value is -1.71. The van der Waals surface area contributed by atoms with Crippen LogP contribution in [-0.4, -0.2) is 24.2 Å². The molecule has 2 aliphatic rings. The third-order valence-electron chi connectivity index (χ3n) is 4.30. The summed E-state index contributed by atoms with van der Waals surface area (Å²) in [7, 11) is 0. The number of hydrogen-bond donors (Lipinski definition) is 1. The first-order valence-electron chi connectivity index (χ1n) is 7.97. The Morgan fingerprint density at radius 2 is 1.67 bits per heavy atom. The van der Waals surface area contributed by atoms with Crippen molar-refractivity contribution >= 4 is 5.91 Å². The predicted molar refractivity (Wildman–Crippen MR) is 80.6 cm³/mol. The van der Waals surface area contributed by atoms with Crippen molar-refractivity contribution < 1.29 is 14.3 Å². The number of para-hydroxylation sites is 2. The van der Waals surface area contributed by atoms with Gasteiger partial charge in [-0.05, 0) is 31.9 Å². The molecule has 1 aliphatic carbocycles. The zero-order chi connectivity index (χ0) is 14.7. The Morgan fingerprint density at radius 3 is 2.33 bits per heavy atom. The first kappa shape index (κ1) is 14.2. The molecule has 1 aromatic rings. The highest BCUT2D eigenvalue weighted by Gasteiger charge is 2.34. The number of benzene rings is 1. The Kier molecular flexibility index (Phi) is 4.32. The molecule has 4 heteroatoms. The molecule has 1 saturated carbocycles. The number of rotatable bonds is 2. The van der Waals surface area contributed by atoms with Gasteiger partial charge in [0.25, 0.3) is 5.91 Å². The second-order valence-electron chi connectivity index (χ2n) is 6.01. The van der Waals surface area contributed by atoms with E-state index in [0.29, 0.717) is 11.5 Å². The molecular formula is C17H23NO3. The summed E-state index contributed by atoms with van der Waals surface area (Å²) in [5.74, 6) is 1.31. The van der Waals surface area contributed by atoms with Crippen molar-refractivity contribution in [2.24, 2.45) is 0 Å². The summed E-state index contributed by atoms with van der Waals surface area (Å²) in [4.78, 5) is 12.5. The third-order valence-corrected chi connectivity index (χ3v) is 4.30. The normalized spacial score (nSPS) is 26.0. The van der Waals surface area contributed by atoms with Crippen LogP contribution in [0.3, 0.4) is 0 Å². The van der Waals surface area contributed by atoms with E-state index in [4.69, 9.17) is 9.47 Å². The van der Waals surface area contributed by atoms with E-state index in [1.165, 1.54) is 25.7 Å². The van der Waals surface area contributed by atoms with E-state index in [9.17, 15) is 4.79 Å². The largest absolute Gasteiger partial charge is 0.482 e. The van der Waals surface area contributed by atoms with Gasteiger partial charge >= 0.3 is 0 Å². The number of nitrogens with one attached hydrogen (secondary N) is 1. The van der Waals surface area contributed by atoms with E-state index >= 15 is 0 Å². The van der Waals surface area contributed by atoms with Gasteiger partial charge in [-0.15, -0.1) is 0 Å². The minimum absolute atomic E-state index is 0.0519. The average Bonchev–Trinajstić information content (AvgIpc) is 2.75. The fourth-order valence-corrected chi connectivity index (χ4v) is 3.11. The van der Waals surface area contributed by atoms with Crippen molar-refractivity contribution in [3.05, 3.63) is 24.3 Å². The first-order valence-corrected chi connectivity index (χ1v) is 7.97. The molecule has 1 aromatic carbocycles. The first-order chi connectivity index (χ1) is 10.2. The predicted octanol–water partition coefficient (Wildman–Crippen LogP) is 3.05. The van der Waals surface area contributed by atoms with Crippen LogP contribution in [0, 0.1) is 0 Å². The van der Waals surface area contributed by atoms with Crippen molar-refractivity contribution in [1.82, 2.24) is 5.32 Å². The molecule has 21 heavy (non-hydrogen) atoms. The van der Waals surface area contributed by atoms with Gasteiger partial charge in [0.15, 0.2) is 11.5 Å². The third kappa shape index (κ3) is 3.31. The lowest BCUT2D eigenvalue weighted by Crippen LogP contribution is -2.51. The molecule has 0 saturated heterocycles. The Morgan fingerprint density at radius 1 is 1.05 bits per heavy atom. The zero-order valence-corrected chi connectivity index (χ0v) is 12.5. The summed E-state index contributed by atoms with van der Waals surface area (Å²) in [5, 5.41) is 3.15. The Balaban J connectivity index is 1.64. The molecular weight excluding hydrogens is 266 g/mol. The van der Waals surface area contributed by atoms with Crippen molar-refractivity contribution in [2.45, 2.75) is 63.7 Å². The summed E-state index contributed by atoms with van der Waals surface area (Å²) in [6.07, 6.45) is 6.26. The summed E-state index contributed by atoms with van der Waals surface area (Å²) in [5.41, 5.74) is 0. The van der Waals surface area contributed by atoms with Gasteiger partial charge in [-0.3, -0.25) is 4.79 Å². The molecule has 2 unspecified atom stereocenters. The fraction of sp³-hybridized carbons (Fsp3) is 0.588. The summed E-state index contributed by atoms with van der Waals surface area (Å²) in [6.45, 7) is 1.88. The smallest absolute Gasteiger partial charge is 0.265 e. The summed E-state index contributed by atoms with van der Waals surface area (Å²) < 4.78 is 11.6. The van der Waals surface area contributed by atoms with E-state index < -0.39 is 6.10 Å². The van der Waals surface area contributed by atoms with Gasteiger partial charge in [-0.25, -0.2) is 0 Å². The average molecular weight is 289 g/mol. The van der Waals surface area contributed by atoms with E-state index in [1.54, 1.807) is 0 Å². The molecule has 1 aliphatic heterocycles. The number of hydrogen-bond acceptors (Lipinski definition) is 3. The van der Waals surface area contributed by atoms with Crippen molar-refractivity contribution in [3.63, 3.8) is 0 Å². The topological polar surface area (TPSA) is 47.6 Å². The number of ether oxygens (including phenoxy) is 2. The molecule has 0 spiro atoms. The quantitative estimate of drug-likeness (QED) is 0.851. The molecule has 3 rings (SSSR count). The van der Waals surface area contributed by atoms with E-state index in [2.05, 4.69) is 5.32 Å². The van der Waals surface area contributed by atoms with Crippen LogP contribution in [0.4, 0.5) is 0 Å². The standard InChI is InChI=1S/C17H23NO3/c1-12-16(21-15-11-7-6-10-14(15)20-12)17(19)18-13-8-4-2-3-5-9-13/h6-7,10-13,16H,2-5,8-9H2,1H3,(H,18,19). The zero-order valence-electron chi connectivity index (χ0n) is 12.5. The highest BCUT2D eigenvalue weighted by Crippen LogP contribution is 2.33. The lowest BCUT2D eigenvalue weighted by atomic mass is 10.1. The van der Waals surface area contributed by atoms with Crippen molar-refractivity contribution in [1.29, 1.82) is 0 Å². The monoisotopic (exact) mass is 289 g/mol. The molecule has 2 atom stereocenters. The molecule has 0 bridgehead atoms. The van der Waals surface area contributed by atoms with E-state index in [1.807, 2.05) is 31.2 Å². The number of amides is 1. The van der Waals surface area contributed by atoms with Crippen LogP contribution < -0.4 is 14.8 Å². The van der Waals surface area contributed by atoms with E-state index in [0.717, 1.165) is 12.8 Å². The van der Waals surface area contributed by atoms with Crippen molar-refractivity contribution in [2.75, 3.05) is 0 Å². The van der Waals surface area contributed by atoms with Gasteiger partial charge in [0.2, 0.25) is 6.10 Å². The molecule has 0 aromatic heterocycles. The van der Waals surface area contributed by atoms with Crippen LogP contribution in [0.25, 0.3) is 0 Å². The highest BCUT2D eigenvalue weighted by atomic mass is 16.6. The number of carbonyl (C=O) groups is 1. The Bertz CT molecular complexity index is 495. The van der Waals surface area contributed by atoms with Crippen molar-refractivity contribution in [3.8, 4) is 11.5 Å². The maximum Gasteiger partial charge on any atom is 0.265 e. The molecule has 0 radical (unpaired) electrons. The second kappa shape index (κ2) is 6.37. The molecule has 114 valence electrons. The number of fused-ring (bicyclic) bond motifs is 1. The minimum Gasteiger partial charge on any atom is -0.482 e. The molecule has 1 amide bonds. The van der Waals surface area contributed by atoms with E-state index in [-0.39, 0.29) is 18.1 Å². The highest BCUT2D eigenvalue weighted by molar-refractivity contribution is 5.82. The molecule has 1 N–H and O–H groups in total. The maximum atomic E-state index is 12.5. The minimum atomic E-state index is -0.567. The van der Waals surface area contributed by atoms with Crippen LogP contribution in [0.2, 0.25) is 0 Å². The summed E-state index contributed by atoms with van der Waals surface area (Å²) >= 11 is 0. The van der Waals surface area contributed by atoms with Gasteiger partial charge in [0.1, 0.15) is 6.10 Å². The second-order valence-corrected chi connectivity index (χ2v) is 6.01. The van der Waals surface area contributed by atoms with Crippen LogP contribution >= 0.6 is 0 Å². The molecule has 4 nitrogen and oxygen atoms in total. The van der Waals surface area contributed by atoms with Crippen LogP contribution in [0.5, 0.6) is 11.5 Å². The maximum absolute atomic E-state index is 12.5. The van der Waals surface area contributed by atoms with Crippen LogP contribution in [0.1, 0.15) is 45.4 Å². The van der Waals surface area contributed by atoms with Gasteiger partial charge < -0.3 is 14.8 Å². The molecule has 1 fully saturated rings. The SMILES string of the molecule is CC1Oc2ccccc2OC1C(=O)NC1CCCCCC1. The fourth-order valence-electron chi connectivity index (χ4n) is 3.11. The van der Waals surface area contributed by atoms with Gasteiger partial charge in [-0.1, -0.05) is 37.8 Å². The van der Waals surface area contributed by atoms with Gasteiger partial charge in [-0.2, -0.15) is 0 Å². The lowest BCUT2D eigenvalue weighted by molar-refractivity contribution is -0.134. The van der Waals surface area contributed by atoms with Crippen LogP contribution in [0.15, 0.2) is 24.3 Å². The lowest BCUT2D eigenvalue weighted by Gasteiger charge is -2.32. The summed E-state index contributed by atoms with van der Waals surface area (Å²) in [6, 6.07) is 7.78.